The molecule has 0 fully saturated rings. The Morgan fingerprint density at radius 1 is 1.38 bits per heavy atom. The van der Waals surface area contributed by atoms with Crippen LogP contribution >= 0.6 is 0 Å². The molecular weight excluding hydrogens is 208 g/mol. The third kappa shape index (κ3) is 5.70. The van der Waals surface area contributed by atoms with Gasteiger partial charge in [0.25, 0.3) is 0 Å². The fraction of sp³-hybridized carbons (Fsp3) is 0.818. The van der Waals surface area contributed by atoms with E-state index in [0.29, 0.717) is 19.4 Å². The number of hydrogen-bond acceptors (Lipinski definition) is 3. The standard InChI is InChI=1S/C11H22N2O3/c1-3-5-9(11(15)16)13-10(14)8(2)6-4-7-12/h8-9H,3-7,12H2,1-2H3,(H,13,14)(H,15,16)/t8?,9-/m0/s1. The van der Waals surface area contributed by atoms with Crippen LogP contribution in [0.5, 0.6) is 0 Å². The first-order valence-corrected chi connectivity index (χ1v) is 5.76. The van der Waals surface area contributed by atoms with Crippen LogP contribution < -0.4 is 11.1 Å². The molecule has 0 aromatic heterocycles. The molecule has 0 bridgehead atoms. The van der Waals surface area contributed by atoms with Gasteiger partial charge in [0, 0.05) is 5.92 Å². The molecule has 5 nitrogen and oxygen atoms in total. The van der Waals surface area contributed by atoms with Gasteiger partial charge in [0.15, 0.2) is 0 Å². The molecule has 4 N–H and O–H groups in total. The topological polar surface area (TPSA) is 92.4 Å². The molecule has 0 heterocycles. The summed E-state index contributed by atoms with van der Waals surface area (Å²) >= 11 is 0. The van der Waals surface area contributed by atoms with E-state index in [-0.39, 0.29) is 11.8 Å². The number of nitrogens with two attached hydrogens (primary N) is 1. The Balaban J connectivity index is 4.12. The van der Waals surface area contributed by atoms with E-state index in [0.717, 1.165) is 12.8 Å². The van der Waals surface area contributed by atoms with E-state index in [2.05, 4.69) is 5.32 Å². The average Bonchev–Trinajstić information content (AvgIpc) is 2.24. The highest BCUT2D eigenvalue weighted by molar-refractivity contribution is 5.84. The number of nitrogens with one attached hydrogen (secondary N) is 1. The minimum Gasteiger partial charge on any atom is -0.480 e. The summed E-state index contributed by atoms with van der Waals surface area (Å²) in [7, 11) is 0. The van der Waals surface area contributed by atoms with E-state index in [1.807, 2.05) is 6.92 Å². The van der Waals surface area contributed by atoms with Crippen molar-refractivity contribution < 1.29 is 14.7 Å². The third-order valence-corrected chi connectivity index (χ3v) is 2.48. The second-order valence-electron chi connectivity index (χ2n) is 4.02. The number of rotatable bonds is 8. The highest BCUT2D eigenvalue weighted by Crippen LogP contribution is 2.06. The normalized spacial score (nSPS) is 14.2. The lowest BCUT2D eigenvalue weighted by atomic mass is 10.0. The van der Waals surface area contributed by atoms with Gasteiger partial charge in [-0.2, -0.15) is 0 Å². The number of aliphatic carboxylic acids is 1. The third-order valence-electron chi connectivity index (χ3n) is 2.48. The number of carbonyl (C=O) groups is 2. The second kappa shape index (κ2) is 8.10. The zero-order valence-electron chi connectivity index (χ0n) is 10.0. The van der Waals surface area contributed by atoms with Gasteiger partial charge in [-0.15, -0.1) is 0 Å². The minimum atomic E-state index is -0.971. The number of carboxylic acid groups (broad SMARTS) is 1. The van der Waals surface area contributed by atoms with Crippen LogP contribution in [0.15, 0.2) is 0 Å². The van der Waals surface area contributed by atoms with Crippen molar-refractivity contribution in [3.63, 3.8) is 0 Å². The zero-order chi connectivity index (χ0) is 12.6. The van der Waals surface area contributed by atoms with Gasteiger partial charge < -0.3 is 16.2 Å². The summed E-state index contributed by atoms with van der Waals surface area (Å²) in [6.07, 6.45) is 2.67. The van der Waals surface area contributed by atoms with Gasteiger partial charge in [0.2, 0.25) is 5.91 Å². The smallest absolute Gasteiger partial charge is 0.326 e. The quantitative estimate of drug-likeness (QED) is 0.573. The monoisotopic (exact) mass is 230 g/mol. The van der Waals surface area contributed by atoms with Crippen LogP contribution in [0, 0.1) is 5.92 Å². The maximum atomic E-state index is 11.6. The molecule has 16 heavy (non-hydrogen) atoms. The van der Waals surface area contributed by atoms with Crippen molar-refractivity contribution in [2.24, 2.45) is 11.7 Å². The fourth-order valence-electron chi connectivity index (χ4n) is 1.42. The van der Waals surface area contributed by atoms with Crippen LogP contribution in [0.2, 0.25) is 0 Å². The molecule has 2 atom stereocenters. The molecule has 0 aliphatic carbocycles. The zero-order valence-corrected chi connectivity index (χ0v) is 10.0. The Bertz CT molecular complexity index is 231. The van der Waals surface area contributed by atoms with E-state index in [9.17, 15) is 9.59 Å². The number of carbonyl (C=O) groups excluding carboxylic acids is 1. The van der Waals surface area contributed by atoms with Crippen molar-refractivity contribution in [2.45, 2.75) is 45.6 Å². The van der Waals surface area contributed by atoms with E-state index in [4.69, 9.17) is 10.8 Å². The number of amides is 1. The largest absolute Gasteiger partial charge is 0.480 e. The first-order chi connectivity index (χ1) is 7.52. The molecular formula is C11H22N2O3. The molecule has 0 aromatic rings. The Morgan fingerprint density at radius 2 is 2.00 bits per heavy atom. The van der Waals surface area contributed by atoms with Gasteiger partial charge in [0.05, 0.1) is 0 Å². The first kappa shape index (κ1) is 14.9. The summed E-state index contributed by atoms with van der Waals surface area (Å²) in [5.74, 6) is -1.35. The molecule has 0 aromatic carbocycles. The van der Waals surface area contributed by atoms with Gasteiger partial charge in [-0.1, -0.05) is 20.3 Å². The Kier molecular flexibility index (Phi) is 7.54. The lowest BCUT2D eigenvalue weighted by Gasteiger charge is -2.17. The Morgan fingerprint density at radius 3 is 2.44 bits per heavy atom. The summed E-state index contributed by atoms with van der Waals surface area (Å²) in [4.78, 5) is 22.5. The minimum absolute atomic E-state index is 0.178. The molecule has 0 spiro atoms. The lowest BCUT2D eigenvalue weighted by Crippen LogP contribution is -2.43. The van der Waals surface area contributed by atoms with Crippen LogP contribution in [0.3, 0.4) is 0 Å². The number of carboxylic acids is 1. The van der Waals surface area contributed by atoms with E-state index in [1.54, 1.807) is 6.92 Å². The van der Waals surface area contributed by atoms with Crippen molar-refractivity contribution >= 4 is 11.9 Å². The van der Waals surface area contributed by atoms with Crippen LogP contribution in [0.4, 0.5) is 0 Å². The van der Waals surface area contributed by atoms with E-state index >= 15 is 0 Å². The van der Waals surface area contributed by atoms with Gasteiger partial charge in [-0.3, -0.25) is 4.79 Å². The van der Waals surface area contributed by atoms with Crippen LogP contribution in [-0.2, 0) is 9.59 Å². The molecule has 0 saturated heterocycles. The summed E-state index contributed by atoms with van der Waals surface area (Å²) < 4.78 is 0. The van der Waals surface area contributed by atoms with Gasteiger partial charge in [-0.05, 0) is 25.8 Å². The molecule has 1 unspecified atom stereocenters. The molecule has 94 valence electrons. The summed E-state index contributed by atoms with van der Waals surface area (Å²) in [6.45, 7) is 4.23. The van der Waals surface area contributed by atoms with Crippen molar-refractivity contribution in [3.8, 4) is 0 Å². The molecule has 5 heteroatoms. The van der Waals surface area contributed by atoms with Crippen LogP contribution in [0.25, 0.3) is 0 Å². The predicted molar refractivity (Wildman–Crippen MR) is 61.9 cm³/mol. The summed E-state index contributed by atoms with van der Waals surface area (Å²) in [5.41, 5.74) is 5.35. The molecule has 0 saturated carbocycles. The van der Waals surface area contributed by atoms with Gasteiger partial charge >= 0.3 is 5.97 Å². The highest BCUT2D eigenvalue weighted by Gasteiger charge is 2.21. The van der Waals surface area contributed by atoms with Gasteiger partial charge in [-0.25, -0.2) is 4.79 Å². The fourth-order valence-corrected chi connectivity index (χ4v) is 1.42. The molecule has 0 aliphatic rings. The second-order valence-corrected chi connectivity index (χ2v) is 4.02. The van der Waals surface area contributed by atoms with Crippen molar-refractivity contribution in [1.29, 1.82) is 0 Å². The van der Waals surface area contributed by atoms with Gasteiger partial charge in [0.1, 0.15) is 6.04 Å². The summed E-state index contributed by atoms with van der Waals surface area (Å²) in [5, 5.41) is 11.4. The number of hydrogen-bond donors (Lipinski definition) is 3. The highest BCUT2D eigenvalue weighted by atomic mass is 16.4. The molecule has 0 rings (SSSR count). The van der Waals surface area contributed by atoms with E-state index in [1.165, 1.54) is 0 Å². The predicted octanol–water partition coefficient (Wildman–Crippen LogP) is 0.731. The average molecular weight is 230 g/mol. The first-order valence-electron chi connectivity index (χ1n) is 5.76. The SMILES string of the molecule is CCC[C@H](NC(=O)C(C)CCCN)C(=O)O. The van der Waals surface area contributed by atoms with Crippen molar-refractivity contribution in [2.75, 3.05) is 6.54 Å². The van der Waals surface area contributed by atoms with E-state index < -0.39 is 12.0 Å². The van der Waals surface area contributed by atoms with Crippen LogP contribution in [-0.4, -0.2) is 29.6 Å². The Labute approximate surface area is 96.4 Å². The summed E-state index contributed by atoms with van der Waals surface area (Å²) in [6, 6.07) is -0.766. The van der Waals surface area contributed by atoms with Crippen LogP contribution in [0.1, 0.15) is 39.5 Å². The van der Waals surface area contributed by atoms with Crippen molar-refractivity contribution in [1.82, 2.24) is 5.32 Å². The van der Waals surface area contributed by atoms with Crippen molar-refractivity contribution in [3.05, 3.63) is 0 Å². The molecule has 1 amide bonds. The maximum absolute atomic E-state index is 11.6. The molecule has 0 radical (unpaired) electrons. The maximum Gasteiger partial charge on any atom is 0.326 e. The molecule has 0 aliphatic heterocycles. The lowest BCUT2D eigenvalue weighted by molar-refractivity contribution is -0.142. The Hall–Kier alpha value is -1.10.